The summed E-state index contributed by atoms with van der Waals surface area (Å²) in [6, 6.07) is 7.02. The third-order valence-corrected chi connectivity index (χ3v) is 2.71. The lowest BCUT2D eigenvalue weighted by Gasteiger charge is -2.16. The van der Waals surface area contributed by atoms with Gasteiger partial charge in [0.15, 0.2) is 0 Å². The molecule has 0 unspecified atom stereocenters. The molecule has 0 saturated heterocycles. The van der Waals surface area contributed by atoms with E-state index in [-0.39, 0.29) is 6.04 Å². The highest BCUT2D eigenvalue weighted by atomic mass is 35.5. The van der Waals surface area contributed by atoms with Crippen LogP contribution in [0, 0.1) is 0 Å². The van der Waals surface area contributed by atoms with Crippen molar-refractivity contribution in [2.24, 2.45) is 0 Å². The van der Waals surface area contributed by atoms with Gasteiger partial charge in [0.25, 0.3) is 10.9 Å². The highest BCUT2D eigenvalue weighted by Crippen LogP contribution is 2.22. The Bertz CT molecular complexity index is 625. The maximum atomic E-state index is 11.5. The summed E-state index contributed by atoms with van der Waals surface area (Å²) >= 11 is 5.77. The molecule has 0 aliphatic heterocycles. The SMILES string of the molecule is CC(C)Nc1c(Nc2ccc(Cl)cc2)c(=O)c1=O. The van der Waals surface area contributed by atoms with Gasteiger partial charge < -0.3 is 10.6 Å². The van der Waals surface area contributed by atoms with Gasteiger partial charge in [0.1, 0.15) is 11.4 Å². The lowest BCUT2D eigenvalue weighted by molar-refractivity contribution is 0.894. The quantitative estimate of drug-likeness (QED) is 0.833. The van der Waals surface area contributed by atoms with E-state index in [1.165, 1.54) is 0 Å². The molecule has 0 heterocycles. The van der Waals surface area contributed by atoms with Crippen molar-refractivity contribution in [2.75, 3.05) is 10.6 Å². The van der Waals surface area contributed by atoms with Crippen molar-refractivity contribution in [3.05, 3.63) is 49.7 Å². The summed E-state index contributed by atoms with van der Waals surface area (Å²) in [6.45, 7) is 3.81. The molecule has 0 amide bonds. The van der Waals surface area contributed by atoms with E-state index in [1.807, 2.05) is 13.8 Å². The summed E-state index contributed by atoms with van der Waals surface area (Å²) in [7, 11) is 0. The Balaban J connectivity index is 2.24. The fourth-order valence-corrected chi connectivity index (χ4v) is 1.74. The fourth-order valence-electron chi connectivity index (χ4n) is 1.61. The Labute approximate surface area is 109 Å². The molecule has 0 saturated carbocycles. The molecule has 0 aromatic heterocycles. The molecule has 2 rings (SSSR count). The van der Waals surface area contributed by atoms with Crippen molar-refractivity contribution < 1.29 is 0 Å². The number of anilines is 3. The van der Waals surface area contributed by atoms with Gasteiger partial charge in [-0.05, 0) is 38.1 Å². The number of hydrogen-bond donors (Lipinski definition) is 2. The molecule has 0 aliphatic rings. The van der Waals surface area contributed by atoms with Gasteiger partial charge in [0, 0.05) is 16.8 Å². The van der Waals surface area contributed by atoms with Crippen molar-refractivity contribution in [1.29, 1.82) is 0 Å². The average molecular weight is 265 g/mol. The van der Waals surface area contributed by atoms with E-state index in [4.69, 9.17) is 11.6 Å². The van der Waals surface area contributed by atoms with Crippen LogP contribution in [0.1, 0.15) is 13.8 Å². The van der Waals surface area contributed by atoms with Gasteiger partial charge in [-0.1, -0.05) is 11.6 Å². The highest BCUT2D eigenvalue weighted by molar-refractivity contribution is 6.30. The van der Waals surface area contributed by atoms with Gasteiger partial charge in [0.2, 0.25) is 0 Å². The molecule has 2 aromatic carbocycles. The van der Waals surface area contributed by atoms with Crippen molar-refractivity contribution in [3.63, 3.8) is 0 Å². The molecule has 18 heavy (non-hydrogen) atoms. The number of nitrogens with one attached hydrogen (secondary N) is 2. The molecule has 4 nitrogen and oxygen atoms in total. The molecule has 0 spiro atoms. The van der Waals surface area contributed by atoms with E-state index in [1.54, 1.807) is 24.3 Å². The van der Waals surface area contributed by atoms with Gasteiger partial charge in [-0.25, -0.2) is 0 Å². The summed E-state index contributed by atoms with van der Waals surface area (Å²) in [5.74, 6) is 0. The van der Waals surface area contributed by atoms with Crippen LogP contribution in [0.4, 0.5) is 17.1 Å². The first-order valence-corrected chi connectivity index (χ1v) is 5.99. The minimum absolute atomic E-state index is 0.0964. The molecule has 94 valence electrons. The van der Waals surface area contributed by atoms with E-state index in [9.17, 15) is 9.59 Å². The molecular weight excluding hydrogens is 252 g/mol. The van der Waals surface area contributed by atoms with Crippen LogP contribution < -0.4 is 21.5 Å². The average Bonchev–Trinajstić information content (AvgIpc) is 2.35. The lowest BCUT2D eigenvalue weighted by atomic mass is 10.1. The lowest BCUT2D eigenvalue weighted by Crippen LogP contribution is -2.37. The maximum absolute atomic E-state index is 11.5. The topological polar surface area (TPSA) is 58.2 Å². The second-order valence-electron chi connectivity index (χ2n) is 4.34. The van der Waals surface area contributed by atoms with Gasteiger partial charge in [-0.2, -0.15) is 0 Å². The van der Waals surface area contributed by atoms with E-state index in [2.05, 4.69) is 10.6 Å². The van der Waals surface area contributed by atoms with Crippen molar-refractivity contribution in [3.8, 4) is 0 Å². The largest absolute Gasteiger partial charge is 0.378 e. The van der Waals surface area contributed by atoms with Crippen LogP contribution >= 0.6 is 11.6 Å². The zero-order valence-corrected chi connectivity index (χ0v) is 10.8. The van der Waals surface area contributed by atoms with Crippen LogP contribution in [0.3, 0.4) is 0 Å². The number of hydrogen-bond acceptors (Lipinski definition) is 4. The van der Waals surface area contributed by atoms with Crippen LogP contribution in [-0.2, 0) is 0 Å². The first kappa shape index (κ1) is 12.6. The third kappa shape index (κ3) is 2.38. The van der Waals surface area contributed by atoms with E-state index in [0.29, 0.717) is 16.4 Å². The zero-order valence-electron chi connectivity index (χ0n) is 10.1. The normalized spacial score (nSPS) is 10.9. The van der Waals surface area contributed by atoms with Crippen LogP contribution in [0.15, 0.2) is 33.9 Å². The van der Waals surface area contributed by atoms with Gasteiger partial charge in [-0.15, -0.1) is 0 Å². The Morgan fingerprint density at radius 2 is 1.56 bits per heavy atom. The molecule has 5 heteroatoms. The van der Waals surface area contributed by atoms with Gasteiger partial charge >= 0.3 is 0 Å². The molecule has 0 radical (unpaired) electrons. The van der Waals surface area contributed by atoms with Crippen LogP contribution in [0.25, 0.3) is 0 Å². The smallest absolute Gasteiger partial charge is 0.253 e. The second-order valence-corrected chi connectivity index (χ2v) is 4.78. The summed E-state index contributed by atoms with van der Waals surface area (Å²) in [5.41, 5.74) is 0.424. The summed E-state index contributed by atoms with van der Waals surface area (Å²) in [6.07, 6.45) is 0. The molecule has 0 aliphatic carbocycles. The molecular formula is C13H13ClN2O2. The highest BCUT2D eigenvalue weighted by Gasteiger charge is 2.21. The standard InChI is InChI=1S/C13H13ClN2O2/c1-7(2)15-10-11(13(18)12(10)17)16-9-5-3-8(14)4-6-9/h3-7,15-16H,1-2H3. The summed E-state index contributed by atoms with van der Waals surface area (Å²) < 4.78 is 0. The second kappa shape index (κ2) is 4.82. The zero-order chi connectivity index (χ0) is 13.3. The summed E-state index contributed by atoms with van der Waals surface area (Å²) in [4.78, 5) is 22.9. The Hall–Kier alpha value is -1.81. The summed E-state index contributed by atoms with van der Waals surface area (Å²) in [5, 5.41) is 6.51. The van der Waals surface area contributed by atoms with E-state index < -0.39 is 10.9 Å². The molecule has 2 aromatic rings. The number of rotatable bonds is 4. The van der Waals surface area contributed by atoms with Gasteiger partial charge in [0.05, 0.1) is 0 Å². The predicted octanol–water partition coefficient (Wildman–Crippen LogP) is 2.50. The minimum Gasteiger partial charge on any atom is -0.378 e. The maximum Gasteiger partial charge on any atom is 0.253 e. The van der Waals surface area contributed by atoms with E-state index >= 15 is 0 Å². The Morgan fingerprint density at radius 1 is 1.00 bits per heavy atom. The number of halogens is 1. The van der Waals surface area contributed by atoms with E-state index in [0.717, 1.165) is 5.69 Å². The molecule has 0 fully saturated rings. The molecule has 0 bridgehead atoms. The fraction of sp³-hybridized carbons (Fsp3) is 0.231. The van der Waals surface area contributed by atoms with Crippen molar-refractivity contribution >= 4 is 28.7 Å². The molecule has 0 atom stereocenters. The van der Waals surface area contributed by atoms with Crippen LogP contribution in [-0.4, -0.2) is 6.04 Å². The predicted molar refractivity (Wildman–Crippen MR) is 74.8 cm³/mol. The Morgan fingerprint density at radius 3 is 2.11 bits per heavy atom. The number of benzene rings is 1. The van der Waals surface area contributed by atoms with Gasteiger partial charge in [-0.3, -0.25) is 9.59 Å². The van der Waals surface area contributed by atoms with Crippen molar-refractivity contribution in [2.45, 2.75) is 19.9 Å². The monoisotopic (exact) mass is 264 g/mol. The van der Waals surface area contributed by atoms with Crippen LogP contribution in [0.5, 0.6) is 0 Å². The molecule has 2 N–H and O–H groups in total. The Kier molecular flexibility index (Phi) is 3.39. The van der Waals surface area contributed by atoms with Crippen molar-refractivity contribution in [1.82, 2.24) is 0 Å². The first-order valence-electron chi connectivity index (χ1n) is 5.61. The third-order valence-electron chi connectivity index (χ3n) is 2.46. The minimum atomic E-state index is -0.492. The first-order chi connectivity index (χ1) is 8.49. The van der Waals surface area contributed by atoms with Crippen LogP contribution in [0.2, 0.25) is 5.02 Å².